The highest BCUT2D eigenvalue weighted by atomic mass is 16.5. The lowest BCUT2D eigenvalue weighted by molar-refractivity contribution is 0.0849. The SMILES string of the molecule is CCCCCCCCCCCCCCCCCCCCCCCCCCCCOCC1CCNCC1. The quantitative estimate of drug-likeness (QED) is 0.102. The zero-order chi connectivity index (χ0) is 25.6. The van der Waals surface area contributed by atoms with E-state index in [0.29, 0.717) is 0 Å². The third kappa shape index (κ3) is 25.6. The van der Waals surface area contributed by atoms with Gasteiger partial charge < -0.3 is 10.1 Å². The van der Waals surface area contributed by atoms with Gasteiger partial charge in [0, 0.05) is 13.2 Å². The average molecular weight is 508 g/mol. The van der Waals surface area contributed by atoms with Crippen molar-refractivity contribution in [1.82, 2.24) is 5.32 Å². The van der Waals surface area contributed by atoms with Crippen LogP contribution < -0.4 is 5.32 Å². The molecule has 0 spiro atoms. The molecule has 0 aliphatic carbocycles. The van der Waals surface area contributed by atoms with E-state index in [1.807, 2.05) is 0 Å². The fraction of sp³-hybridized carbons (Fsp3) is 1.00. The minimum Gasteiger partial charge on any atom is -0.381 e. The Kier molecular flexibility index (Phi) is 27.8. The molecular weight excluding hydrogens is 438 g/mol. The first-order chi connectivity index (χ1) is 17.9. The molecule has 1 aliphatic heterocycles. The molecule has 1 aliphatic rings. The van der Waals surface area contributed by atoms with Gasteiger partial charge in [-0.25, -0.2) is 0 Å². The molecule has 0 saturated carbocycles. The maximum absolute atomic E-state index is 5.90. The Hall–Kier alpha value is -0.0800. The summed E-state index contributed by atoms with van der Waals surface area (Å²) in [5.41, 5.74) is 0. The van der Waals surface area contributed by atoms with E-state index in [9.17, 15) is 0 Å². The lowest BCUT2D eigenvalue weighted by Crippen LogP contribution is -2.30. The number of hydrogen-bond donors (Lipinski definition) is 1. The number of hydrogen-bond acceptors (Lipinski definition) is 2. The maximum Gasteiger partial charge on any atom is 0.0495 e. The van der Waals surface area contributed by atoms with Crippen LogP contribution in [0.3, 0.4) is 0 Å². The Labute approximate surface area is 228 Å². The highest BCUT2D eigenvalue weighted by molar-refractivity contribution is 4.67. The smallest absolute Gasteiger partial charge is 0.0495 e. The molecule has 0 aromatic carbocycles. The van der Waals surface area contributed by atoms with Crippen molar-refractivity contribution in [1.29, 1.82) is 0 Å². The summed E-state index contributed by atoms with van der Waals surface area (Å²) in [6.45, 7) is 6.67. The van der Waals surface area contributed by atoms with Gasteiger partial charge in [0.05, 0.1) is 0 Å². The minimum absolute atomic E-state index is 0.815. The van der Waals surface area contributed by atoms with Crippen LogP contribution in [-0.4, -0.2) is 26.3 Å². The van der Waals surface area contributed by atoms with Gasteiger partial charge in [-0.3, -0.25) is 0 Å². The number of ether oxygens (including phenoxy) is 1. The molecule has 1 rings (SSSR count). The minimum atomic E-state index is 0.815. The molecule has 1 N–H and O–H groups in total. The molecule has 0 bridgehead atoms. The molecule has 0 amide bonds. The van der Waals surface area contributed by atoms with Gasteiger partial charge in [-0.2, -0.15) is 0 Å². The van der Waals surface area contributed by atoms with Crippen LogP contribution in [0.25, 0.3) is 0 Å². The molecule has 0 unspecified atom stereocenters. The summed E-state index contributed by atoms with van der Waals surface area (Å²) in [4.78, 5) is 0. The van der Waals surface area contributed by atoms with Gasteiger partial charge in [0.2, 0.25) is 0 Å². The van der Waals surface area contributed by atoms with E-state index in [4.69, 9.17) is 4.74 Å². The van der Waals surface area contributed by atoms with Crippen molar-refractivity contribution in [2.45, 2.75) is 187 Å². The number of piperidine rings is 1. The van der Waals surface area contributed by atoms with Crippen molar-refractivity contribution in [2.24, 2.45) is 5.92 Å². The summed E-state index contributed by atoms with van der Waals surface area (Å²) in [7, 11) is 0. The van der Waals surface area contributed by atoms with Crippen LogP contribution >= 0.6 is 0 Å². The Bertz CT molecular complexity index is 393. The molecule has 0 radical (unpaired) electrons. The molecule has 216 valence electrons. The summed E-state index contributed by atoms with van der Waals surface area (Å²) in [6, 6.07) is 0. The monoisotopic (exact) mass is 508 g/mol. The molecule has 1 saturated heterocycles. The number of rotatable bonds is 29. The van der Waals surface area contributed by atoms with E-state index >= 15 is 0 Å². The van der Waals surface area contributed by atoms with Crippen molar-refractivity contribution < 1.29 is 4.74 Å². The molecule has 36 heavy (non-hydrogen) atoms. The van der Waals surface area contributed by atoms with Gasteiger partial charge in [0.25, 0.3) is 0 Å². The molecule has 2 heteroatoms. The van der Waals surface area contributed by atoms with Crippen LogP contribution in [-0.2, 0) is 4.74 Å². The standard InChI is InChI=1S/C34H69NO/c1-2-3-4-5-6-7-8-9-10-11-12-13-14-15-16-17-18-19-20-21-22-23-24-25-26-27-32-36-33-34-28-30-35-31-29-34/h34-35H,2-33H2,1H3. The second kappa shape index (κ2) is 29.5. The molecule has 0 atom stereocenters. The fourth-order valence-corrected chi connectivity index (χ4v) is 5.82. The van der Waals surface area contributed by atoms with Gasteiger partial charge in [-0.05, 0) is 38.3 Å². The average Bonchev–Trinajstić information content (AvgIpc) is 2.91. The second-order valence-corrected chi connectivity index (χ2v) is 12.1. The van der Waals surface area contributed by atoms with Crippen molar-refractivity contribution in [3.05, 3.63) is 0 Å². The number of unbranched alkanes of at least 4 members (excludes halogenated alkanes) is 25. The third-order valence-electron chi connectivity index (χ3n) is 8.45. The van der Waals surface area contributed by atoms with Crippen LogP contribution in [0.1, 0.15) is 187 Å². The Morgan fingerprint density at radius 2 is 0.750 bits per heavy atom. The van der Waals surface area contributed by atoms with Gasteiger partial charge in [0.15, 0.2) is 0 Å². The van der Waals surface area contributed by atoms with E-state index in [1.165, 1.54) is 193 Å². The molecular formula is C34H69NO. The fourth-order valence-electron chi connectivity index (χ4n) is 5.82. The van der Waals surface area contributed by atoms with Gasteiger partial charge in [0.1, 0.15) is 0 Å². The summed E-state index contributed by atoms with van der Waals surface area (Å²) in [5, 5.41) is 3.43. The normalized spacial score (nSPS) is 14.6. The first kappa shape index (κ1) is 33.9. The summed E-state index contributed by atoms with van der Waals surface area (Å²) in [6.07, 6.45) is 40.5. The first-order valence-electron chi connectivity index (χ1n) is 17.2. The van der Waals surface area contributed by atoms with Crippen LogP contribution in [0.15, 0.2) is 0 Å². The van der Waals surface area contributed by atoms with Crippen molar-refractivity contribution in [2.75, 3.05) is 26.3 Å². The highest BCUT2D eigenvalue weighted by Crippen LogP contribution is 2.16. The van der Waals surface area contributed by atoms with Crippen molar-refractivity contribution in [3.63, 3.8) is 0 Å². The molecule has 0 aromatic heterocycles. The summed E-state index contributed by atoms with van der Waals surface area (Å²) < 4.78 is 5.90. The van der Waals surface area contributed by atoms with E-state index in [2.05, 4.69) is 12.2 Å². The Balaban J connectivity index is 1.61. The first-order valence-corrected chi connectivity index (χ1v) is 17.2. The Morgan fingerprint density at radius 1 is 0.444 bits per heavy atom. The van der Waals surface area contributed by atoms with Crippen LogP contribution in [0, 0.1) is 5.92 Å². The lowest BCUT2D eigenvalue weighted by atomic mass is 9.99. The summed E-state index contributed by atoms with van der Waals surface area (Å²) >= 11 is 0. The van der Waals surface area contributed by atoms with E-state index in [1.54, 1.807) is 0 Å². The topological polar surface area (TPSA) is 21.3 Å². The zero-order valence-corrected chi connectivity index (χ0v) is 25.1. The molecule has 0 aromatic rings. The predicted octanol–water partition coefficient (Wildman–Crippen LogP) is 11.2. The Morgan fingerprint density at radius 3 is 1.08 bits per heavy atom. The highest BCUT2D eigenvalue weighted by Gasteiger charge is 2.12. The van der Waals surface area contributed by atoms with Crippen LogP contribution in [0.4, 0.5) is 0 Å². The van der Waals surface area contributed by atoms with Crippen molar-refractivity contribution in [3.8, 4) is 0 Å². The third-order valence-corrected chi connectivity index (χ3v) is 8.45. The molecule has 2 nitrogen and oxygen atoms in total. The van der Waals surface area contributed by atoms with Crippen LogP contribution in [0.2, 0.25) is 0 Å². The van der Waals surface area contributed by atoms with E-state index in [-0.39, 0.29) is 0 Å². The van der Waals surface area contributed by atoms with Crippen LogP contribution in [0.5, 0.6) is 0 Å². The number of nitrogens with one attached hydrogen (secondary N) is 1. The lowest BCUT2D eigenvalue weighted by Gasteiger charge is -2.22. The second-order valence-electron chi connectivity index (χ2n) is 12.1. The van der Waals surface area contributed by atoms with Gasteiger partial charge >= 0.3 is 0 Å². The van der Waals surface area contributed by atoms with E-state index < -0.39 is 0 Å². The van der Waals surface area contributed by atoms with Gasteiger partial charge in [-0.15, -0.1) is 0 Å². The van der Waals surface area contributed by atoms with Crippen molar-refractivity contribution >= 4 is 0 Å². The van der Waals surface area contributed by atoms with E-state index in [0.717, 1.165) is 19.1 Å². The zero-order valence-electron chi connectivity index (χ0n) is 25.1. The largest absolute Gasteiger partial charge is 0.381 e. The predicted molar refractivity (Wildman–Crippen MR) is 162 cm³/mol. The molecule has 1 fully saturated rings. The summed E-state index contributed by atoms with van der Waals surface area (Å²) in [5.74, 6) is 0.815. The maximum atomic E-state index is 5.90. The van der Waals surface area contributed by atoms with Gasteiger partial charge in [-0.1, -0.05) is 167 Å². The molecule has 1 heterocycles.